The molecule has 1 N–H and O–H groups in total. The standard InChI is InChI=1S/C13H15N3O3S.ClH/c17-20(18,16-9-7-14-8-10-16)13-4-2-1-3-11(13)12-5-6-15-19-12;/h1-6,14H,7-10H2;1H. The van der Waals surface area contributed by atoms with Gasteiger partial charge in [0, 0.05) is 37.8 Å². The summed E-state index contributed by atoms with van der Waals surface area (Å²) in [5.74, 6) is 0.458. The lowest BCUT2D eigenvalue weighted by Crippen LogP contribution is -2.46. The van der Waals surface area contributed by atoms with Gasteiger partial charge in [-0.3, -0.25) is 0 Å². The lowest BCUT2D eigenvalue weighted by molar-refractivity contribution is 0.360. The summed E-state index contributed by atoms with van der Waals surface area (Å²) in [5.41, 5.74) is 0.545. The number of nitrogens with zero attached hydrogens (tertiary/aromatic N) is 2. The molecule has 1 fully saturated rings. The first-order chi connectivity index (χ1) is 9.69. The van der Waals surface area contributed by atoms with E-state index in [2.05, 4.69) is 10.5 Å². The Hall–Kier alpha value is -1.41. The molecular formula is C13H16ClN3O3S. The first-order valence-electron chi connectivity index (χ1n) is 6.40. The largest absolute Gasteiger partial charge is 0.356 e. The molecule has 2 aromatic rings. The quantitative estimate of drug-likeness (QED) is 0.920. The van der Waals surface area contributed by atoms with Crippen molar-refractivity contribution >= 4 is 22.4 Å². The molecule has 114 valence electrons. The number of rotatable bonds is 3. The van der Waals surface area contributed by atoms with Gasteiger partial charge < -0.3 is 9.84 Å². The molecule has 0 aliphatic carbocycles. The molecule has 3 rings (SSSR count). The fourth-order valence-electron chi connectivity index (χ4n) is 2.27. The van der Waals surface area contributed by atoms with Gasteiger partial charge in [-0.15, -0.1) is 12.4 Å². The lowest BCUT2D eigenvalue weighted by Gasteiger charge is -2.27. The smallest absolute Gasteiger partial charge is 0.243 e. The normalized spacial score (nSPS) is 16.4. The van der Waals surface area contributed by atoms with Crippen LogP contribution >= 0.6 is 12.4 Å². The van der Waals surface area contributed by atoms with Crippen molar-refractivity contribution in [2.75, 3.05) is 26.2 Å². The van der Waals surface area contributed by atoms with Gasteiger partial charge in [0.25, 0.3) is 0 Å². The Kier molecular flexibility index (Phi) is 5.00. The van der Waals surface area contributed by atoms with Gasteiger partial charge in [0.1, 0.15) is 0 Å². The average molecular weight is 330 g/mol. The van der Waals surface area contributed by atoms with E-state index in [-0.39, 0.29) is 17.3 Å². The molecule has 6 nitrogen and oxygen atoms in total. The van der Waals surface area contributed by atoms with Crippen LogP contribution in [0.1, 0.15) is 0 Å². The SMILES string of the molecule is Cl.O=S(=O)(c1ccccc1-c1ccno1)N1CCNCC1. The van der Waals surface area contributed by atoms with Crippen LogP contribution in [-0.4, -0.2) is 44.1 Å². The highest BCUT2D eigenvalue weighted by Crippen LogP contribution is 2.29. The minimum absolute atomic E-state index is 0. The van der Waals surface area contributed by atoms with Crippen molar-refractivity contribution in [1.29, 1.82) is 0 Å². The predicted octanol–water partition coefficient (Wildman–Crippen LogP) is 1.36. The van der Waals surface area contributed by atoms with E-state index in [4.69, 9.17) is 4.52 Å². The second-order valence-electron chi connectivity index (χ2n) is 4.53. The summed E-state index contributed by atoms with van der Waals surface area (Å²) >= 11 is 0. The molecular weight excluding hydrogens is 314 g/mol. The molecule has 21 heavy (non-hydrogen) atoms. The topological polar surface area (TPSA) is 75.4 Å². The summed E-state index contributed by atoms with van der Waals surface area (Å²) < 4.78 is 32.1. The zero-order valence-electron chi connectivity index (χ0n) is 11.2. The molecule has 1 aliphatic heterocycles. The molecule has 0 amide bonds. The Morgan fingerprint density at radius 3 is 2.52 bits per heavy atom. The molecule has 1 saturated heterocycles. The van der Waals surface area contributed by atoms with Gasteiger partial charge in [-0.2, -0.15) is 4.31 Å². The van der Waals surface area contributed by atoms with E-state index in [0.717, 1.165) is 0 Å². The maximum Gasteiger partial charge on any atom is 0.243 e. The van der Waals surface area contributed by atoms with Gasteiger partial charge in [0.2, 0.25) is 10.0 Å². The Morgan fingerprint density at radius 2 is 1.86 bits per heavy atom. The fraction of sp³-hybridized carbons (Fsp3) is 0.308. The number of nitrogens with one attached hydrogen (secondary N) is 1. The van der Waals surface area contributed by atoms with Crippen molar-refractivity contribution in [1.82, 2.24) is 14.8 Å². The fourth-order valence-corrected chi connectivity index (χ4v) is 3.91. The molecule has 0 bridgehead atoms. The number of hydrogen-bond donors (Lipinski definition) is 1. The van der Waals surface area contributed by atoms with Crippen LogP contribution in [-0.2, 0) is 10.0 Å². The van der Waals surface area contributed by atoms with E-state index in [1.165, 1.54) is 10.5 Å². The minimum atomic E-state index is -3.51. The van der Waals surface area contributed by atoms with E-state index < -0.39 is 10.0 Å². The zero-order valence-corrected chi connectivity index (χ0v) is 12.9. The maximum atomic E-state index is 12.7. The molecule has 2 heterocycles. The second-order valence-corrected chi connectivity index (χ2v) is 6.43. The van der Waals surface area contributed by atoms with Crippen LogP contribution in [0.15, 0.2) is 45.9 Å². The third kappa shape index (κ3) is 3.11. The van der Waals surface area contributed by atoms with Gasteiger partial charge in [-0.25, -0.2) is 8.42 Å². The van der Waals surface area contributed by atoms with Crippen LogP contribution in [0.3, 0.4) is 0 Å². The highest BCUT2D eigenvalue weighted by atomic mass is 35.5. The summed E-state index contributed by atoms with van der Waals surface area (Å²) in [5, 5.41) is 6.79. The van der Waals surface area contributed by atoms with Gasteiger partial charge in [-0.05, 0) is 12.1 Å². The van der Waals surface area contributed by atoms with Crippen LogP contribution in [0.5, 0.6) is 0 Å². The molecule has 1 aliphatic rings. The van der Waals surface area contributed by atoms with Crippen LogP contribution < -0.4 is 5.32 Å². The monoisotopic (exact) mass is 329 g/mol. The molecule has 1 aromatic heterocycles. The predicted molar refractivity (Wildman–Crippen MR) is 80.8 cm³/mol. The number of piperazine rings is 1. The van der Waals surface area contributed by atoms with E-state index in [0.29, 0.717) is 37.5 Å². The van der Waals surface area contributed by atoms with E-state index in [1.807, 2.05) is 0 Å². The summed E-state index contributed by atoms with van der Waals surface area (Å²) in [6.07, 6.45) is 1.50. The van der Waals surface area contributed by atoms with E-state index >= 15 is 0 Å². The Balaban J connectivity index is 0.00000161. The molecule has 0 radical (unpaired) electrons. The van der Waals surface area contributed by atoms with Crippen molar-refractivity contribution in [2.45, 2.75) is 4.90 Å². The summed E-state index contributed by atoms with van der Waals surface area (Å²) in [6.45, 7) is 2.30. The van der Waals surface area contributed by atoms with Crippen molar-refractivity contribution < 1.29 is 12.9 Å². The second kappa shape index (κ2) is 6.57. The maximum absolute atomic E-state index is 12.7. The summed E-state index contributed by atoms with van der Waals surface area (Å²) in [6, 6.07) is 8.50. The zero-order chi connectivity index (χ0) is 14.0. The number of aromatic nitrogens is 1. The lowest BCUT2D eigenvalue weighted by atomic mass is 10.2. The molecule has 0 atom stereocenters. The Morgan fingerprint density at radius 1 is 1.14 bits per heavy atom. The molecule has 1 aromatic carbocycles. The van der Waals surface area contributed by atoms with E-state index in [9.17, 15) is 8.42 Å². The molecule has 8 heteroatoms. The number of sulfonamides is 1. The van der Waals surface area contributed by atoms with Crippen molar-refractivity contribution in [2.24, 2.45) is 0 Å². The number of hydrogen-bond acceptors (Lipinski definition) is 5. The molecule has 0 unspecified atom stereocenters. The van der Waals surface area contributed by atoms with Gasteiger partial charge in [0.15, 0.2) is 5.76 Å². The van der Waals surface area contributed by atoms with E-state index in [1.54, 1.807) is 30.3 Å². The van der Waals surface area contributed by atoms with Crippen LogP contribution in [0.2, 0.25) is 0 Å². The van der Waals surface area contributed by atoms with Crippen LogP contribution in [0.25, 0.3) is 11.3 Å². The third-order valence-corrected chi connectivity index (χ3v) is 5.24. The van der Waals surface area contributed by atoms with Gasteiger partial charge >= 0.3 is 0 Å². The third-order valence-electron chi connectivity index (χ3n) is 3.28. The molecule has 0 saturated carbocycles. The van der Waals surface area contributed by atoms with Crippen LogP contribution in [0.4, 0.5) is 0 Å². The molecule has 0 spiro atoms. The highest BCUT2D eigenvalue weighted by molar-refractivity contribution is 7.89. The minimum Gasteiger partial charge on any atom is -0.356 e. The van der Waals surface area contributed by atoms with Gasteiger partial charge in [0.05, 0.1) is 11.1 Å². The summed E-state index contributed by atoms with van der Waals surface area (Å²) in [7, 11) is -3.51. The van der Waals surface area contributed by atoms with Gasteiger partial charge in [-0.1, -0.05) is 17.3 Å². The van der Waals surface area contributed by atoms with Crippen molar-refractivity contribution in [3.8, 4) is 11.3 Å². The first kappa shape index (κ1) is 16.0. The van der Waals surface area contributed by atoms with Crippen LogP contribution in [0, 0.1) is 0 Å². The average Bonchev–Trinajstić information content (AvgIpc) is 3.02. The Bertz CT molecular complexity index is 682. The van der Waals surface area contributed by atoms with Crippen molar-refractivity contribution in [3.05, 3.63) is 36.5 Å². The Labute approximate surface area is 129 Å². The van der Waals surface area contributed by atoms with Crippen molar-refractivity contribution in [3.63, 3.8) is 0 Å². The first-order valence-corrected chi connectivity index (χ1v) is 7.84. The summed E-state index contributed by atoms with van der Waals surface area (Å²) in [4.78, 5) is 0.263. The highest BCUT2D eigenvalue weighted by Gasteiger charge is 2.28. The number of benzene rings is 1. The number of halogens is 1.